The Balaban J connectivity index is 1.52. The Kier molecular flexibility index (Phi) is 5.22. The number of furan rings is 1. The lowest BCUT2D eigenvalue weighted by Gasteiger charge is -2.35. The summed E-state index contributed by atoms with van der Waals surface area (Å²) in [5.41, 5.74) is 7.04. The number of benzene rings is 1. The molecule has 4 rings (SSSR count). The molecule has 1 atom stereocenters. The van der Waals surface area contributed by atoms with Crippen molar-refractivity contribution in [3.63, 3.8) is 0 Å². The second kappa shape index (κ2) is 7.96. The van der Waals surface area contributed by atoms with Crippen LogP contribution in [0.15, 0.2) is 63.8 Å². The van der Waals surface area contributed by atoms with Gasteiger partial charge in [-0.15, -0.1) is 0 Å². The van der Waals surface area contributed by atoms with Crippen molar-refractivity contribution < 1.29 is 18.8 Å². The Morgan fingerprint density at radius 3 is 2.59 bits per heavy atom. The van der Waals surface area contributed by atoms with Crippen molar-refractivity contribution >= 4 is 33.7 Å². The third-order valence-corrected chi connectivity index (χ3v) is 5.19. The highest BCUT2D eigenvalue weighted by Gasteiger charge is 2.36. The number of hydrazine groups is 1. The molecule has 0 radical (unpaired) electrons. The van der Waals surface area contributed by atoms with E-state index in [0.717, 1.165) is 11.1 Å². The van der Waals surface area contributed by atoms with Crippen molar-refractivity contribution in [1.82, 2.24) is 20.7 Å². The number of amides is 3. The van der Waals surface area contributed by atoms with E-state index in [1.807, 2.05) is 24.3 Å². The molecular weight excluding hydrogens is 440 g/mol. The van der Waals surface area contributed by atoms with E-state index in [-0.39, 0.29) is 23.9 Å². The normalized spacial score (nSPS) is 15.5. The first-order chi connectivity index (χ1) is 14.0. The minimum atomic E-state index is -0.793. The third kappa shape index (κ3) is 3.95. The first kappa shape index (κ1) is 19.0. The second-order valence-corrected chi connectivity index (χ2v) is 7.49. The quantitative estimate of drug-likeness (QED) is 0.525. The van der Waals surface area contributed by atoms with E-state index in [1.54, 1.807) is 24.4 Å². The maximum absolute atomic E-state index is 12.9. The van der Waals surface area contributed by atoms with Crippen molar-refractivity contribution in [3.05, 3.63) is 82.0 Å². The summed E-state index contributed by atoms with van der Waals surface area (Å²) in [6.07, 6.45) is 3.35. The molecule has 2 aromatic heterocycles. The largest absolute Gasteiger partial charge is 0.459 e. The van der Waals surface area contributed by atoms with Gasteiger partial charge in [-0.3, -0.25) is 25.2 Å². The highest BCUT2D eigenvalue weighted by molar-refractivity contribution is 9.10. The van der Waals surface area contributed by atoms with Gasteiger partial charge in [0, 0.05) is 23.6 Å². The van der Waals surface area contributed by atoms with Crippen molar-refractivity contribution in [2.24, 2.45) is 0 Å². The van der Waals surface area contributed by atoms with Crippen molar-refractivity contribution in [2.45, 2.75) is 19.0 Å². The zero-order valence-electron chi connectivity index (χ0n) is 15.1. The fraction of sp³-hybridized carbons (Fsp3) is 0.150. The van der Waals surface area contributed by atoms with Gasteiger partial charge in [0.2, 0.25) is 0 Å². The van der Waals surface area contributed by atoms with Gasteiger partial charge in [-0.2, -0.15) is 0 Å². The van der Waals surface area contributed by atoms with E-state index in [1.165, 1.54) is 11.2 Å². The minimum absolute atomic E-state index is 0.155. The van der Waals surface area contributed by atoms with E-state index < -0.39 is 17.9 Å². The number of aromatic amines is 1. The molecular formula is C20H17BrN4O4. The second-order valence-electron chi connectivity index (χ2n) is 6.57. The summed E-state index contributed by atoms with van der Waals surface area (Å²) in [7, 11) is 0. The van der Waals surface area contributed by atoms with Crippen LogP contribution in [0.3, 0.4) is 0 Å². The molecule has 9 heteroatoms. The molecule has 1 aliphatic rings. The van der Waals surface area contributed by atoms with Crippen LogP contribution in [0.2, 0.25) is 0 Å². The summed E-state index contributed by atoms with van der Waals surface area (Å²) in [5, 5.41) is 0. The Hall–Kier alpha value is -3.33. The lowest BCUT2D eigenvalue weighted by atomic mass is 9.93. The van der Waals surface area contributed by atoms with Gasteiger partial charge in [0.05, 0.1) is 6.26 Å². The molecule has 3 amide bonds. The molecule has 0 aliphatic carbocycles. The maximum Gasteiger partial charge on any atom is 0.290 e. The van der Waals surface area contributed by atoms with Gasteiger partial charge < -0.3 is 14.3 Å². The Morgan fingerprint density at radius 1 is 1.10 bits per heavy atom. The number of aromatic nitrogens is 1. The van der Waals surface area contributed by atoms with Crippen LogP contribution in [0.1, 0.15) is 32.2 Å². The standard InChI is InChI=1S/C20H17BrN4O4/c21-14-9-15(22-10-14)18(26)23-24-19(27)16-8-12-4-1-2-5-13(12)11-25(16)20(28)17-6-3-7-29-17/h1-7,9-10,16,22H,8,11H2,(H,23,26)(H,24,27). The molecule has 0 spiro atoms. The van der Waals surface area contributed by atoms with Crippen LogP contribution < -0.4 is 10.9 Å². The highest BCUT2D eigenvalue weighted by atomic mass is 79.9. The van der Waals surface area contributed by atoms with Gasteiger partial charge in [0.1, 0.15) is 11.7 Å². The zero-order valence-corrected chi connectivity index (χ0v) is 16.7. The van der Waals surface area contributed by atoms with E-state index in [9.17, 15) is 14.4 Å². The van der Waals surface area contributed by atoms with Crippen LogP contribution in [0.25, 0.3) is 0 Å². The van der Waals surface area contributed by atoms with E-state index >= 15 is 0 Å². The zero-order chi connectivity index (χ0) is 20.4. The number of halogens is 1. The van der Waals surface area contributed by atoms with E-state index in [2.05, 4.69) is 31.8 Å². The Labute approximate surface area is 174 Å². The van der Waals surface area contributed by atoms with Gasteiger partial charge in [-0.1, -0.05) is 24.3 Å². The summed E-state index contributed by atoms with van der Waals surface area (Å²) in [6.45, 7) is 0.269. The highest BCUT2D eigenvalue weighted by Crippen LogP contribution is 2.25. The number of H-pyrrole nitrogens is 1. The molecule has 29 heavy (non-hydrogen) atoms. The third-order valence-electron chi connectivity index (χ3n) is 4.74. The number of rotatable bonds is 3. The molecule has 0 fully saturated rings. The van der Waals surface area contributed by atoms with Crippen LogP contribution in [0, 0.1) is 0 Å². The molecule has 3 aromatic rings. The molecule has 0 bridgehead atoms. The molecule has 148 valence electrons. The number of hydrogen-bond acceptors (Lipinski definition) is 4. The average molecular weight is 457 g/mol. The number of nitrogens with zero attached hydrogens (tertiary/aromatic N) is 1. The van der Waals surface area contributed by atoms with Gasteiger partial charge in [0.25, 0.3) is 17.7 Å². The summed E-state index contributed by atoms with van der Waals surface area (Å²) < 4.78 is 5.94. The molecule has 1 unspecified atom stereocenters. The molecule has 1 aliphatic heterocycles. The van der Waals surface area contributed by atoms with Gasteiger partial charge in [-0.05, 0) is 45.3 Å². The number of carbonyl (C=O) groups is 3. The molecule has 3 N–H and O–H groups in total. The summed E-state index contributed by atoms with van der Waals surface area (Å²) in [5.74, 6) is -1.21. The smallest absolute Gasteiger partial charge is 0.290 e. The number of hydrogen-bond donors (Lipinski definition) is 3. The number of fused-ring (bicyclic) bond motifs is 1. The van der Waals surface area contributed by atoms with Crippen LogP contribution in [0.5, 0.6) is 0 Å². The van der Waals surface area contributed by atoms with Gasteiger partial charge in [-0.25, -0.2) is 0 Å². The first-order valence-electron chi connectivity index (χ1n) is 8.88. The predicted molar refractivity (Wildman–Crippen MR) is 107 cm³/mol. The average Bonchev–Trinajstić information content (AvgIpc) is 3.42. The summed E-state index contributed by atoms with van der Waals surface area (Å²) >= 11 is 3.25. The fourth-order valence-electron chi connectivity index (χ4n) is 3.28. The monoisotopic (exact) mass is 456 g/mol. The molecule has 1 aromatic carbocycles. The van der Waals surface area contributed by atoms with Crippen LogP contribution in [-0.2, 0) is 17.8 Å². The van der Waals surface area contributed by atoms with Gasteiger partial charge in [0.15, 0.2) is 5.76 Å². The Morgan fingerprint density at radius 2 is 1.90 bits per heavy atom. The van der Waals surface area contributed by atoms with Crippen molar-refractivity contribution in [3.8, 4) is 0 Å². The topological polar surface area (TPSA) is 107 Å². The van der Waals surface area contributed by atoms with E-state index in [4.69, 9.17) is 4.42 Å². The Bertz CT molecular complexity index is 1060. The predicted octanol–water partition coefficient (Wildman–Crippen LogP) is 2.40. The lowest BCUT2D eigenvalue weighted by Crippen LogP contribution is -2.56. The molecule has 0 saturated heterocycles. The van der Waals surface area contributed by atoms with Crippen molar-refractivity contribution in [2.75, 3.05) is 0 Å². The van der Waals surface area contributed by atoms with Crippen molar-refractivity contribution in [1.29, 1.82) is 0 Å². The molecule has 0 saturated carbocycles. The minimum Gasteiger partial charge on any atom is -0.459 e. The molecule has 3 heterocycles. The molecule has 8 nitrogen and oxygen atoms in total. The van der Waals surface area contributed by atoms with Crippen LogP contribution in [0.4, 0.5) is 0 Å². The van der Waals surface area contributed by atoms with Crippen LogP contribution in [-0.4, -0.2) is 33.6 Å². The first-order valence-corrected chi connectivity index (χ1v) is 9.67. The fourth-order valence-corrected chi connectivity index (χ4v) is 3.62. The SMILES string of the molecule is O=C(NNC(=O)C1Cc2ccccc2CN1C(=O)c1ccco1)c1cc(Br)c[nH]1. The number of nitrogens with one attached hydrogen (secondary N) is 3. The summed E-state index contributed by atoms with van der Waals surface area (Å²) in [4.78, 5) is 42.2. The number of carbonyl (C=O) groups excluding carboxylic acids is 3. The lowest BCUT2D eigenvalue weighted by molar-refractivity contribution is -0.127. The van der Waals surface area contributed by atoms with E-state index in [0.29, 0.717) is 10.9 Å². The van der Waals surface area contributed by atoms with Crippen LogP contribution >= 0.6 is 15.9 Å². The van der Waals surface area contributed by atoms with Gasteiger partial charge >= 0.3 is 0 Å². The summed E-state index contributed by atoms with van der Waals surface area (Å²) in [6, 6.07) is 11.6. The maximum atomic E-state index is 12.9.